The van der Waals surface area contributed by atoms with Gasteiger partial charge in [0.2, 0.25) is 0 Å². The Balaban J connectivity index is 1.82. The highest BCUT2D eigenvalue weighted by Gasteiger charge is 2.37. The van der Waals surface area contributed by atoms with Crippen LogP contribution in [0.3, 0.4) is 0 Å². The van der Waals surface area contributed by atoms with Crippen LogP contribution in [-0.2, 0) is 0 Å². The molecule has 94 valence electrons. The van der Waals surface area contributed by atoms with Crippen molar-refractivity contribution in [3.8, 4) is 0 Å². The molecular weight excluding hydrogens is 204 g/mol. The van der Waals surface area contributed by atoms with E-state index in [0.29, 0.717) is 24.7 Å². The van der Waals surface area contributed by atoms with Gasteiger partial charge in [-0.1, -0.05) is 0 Å². The third kappa shape index (κ3) is 2.96. The van der Waals surface area contributed by atoms with E-state index in [1.165, 1.54) is 0 Å². The molecule has 0 spiro atoms. The van der Waals surface area contributed by atoms with Crippen LogP contribution >= 0.6 is 0 Å². The van der Waals surface area contributed by atoms with E-state index in [0.717, 1.165) is 38.5 Å². The average molecular weight is 228 g/mol. The molecule has 0 bridgehead atoms. The standard InChI is InChI=1S/C13H24O3/c1-12(14)6-2-10(3-7-12)11-4-8-13(15,16)9-5-11/h10-11,14-16H,2-9H2,1H3. The molecule has 3 nitrogen and oxygen atoms in total. The third-order valence-corrected chi connectivity index (χ3v) is 4.61. The van der Waals surface area contributed by atoms with Crippen LogP contribution < -0.4 is 0 Å². The zero-order valence-electron chi connectivity index (χ0n) is 10.2. The van der Waals surface area contributed by atoms with Gasteiger partial charge in [0.1, 0.15) is 0 Å². The second kappa shape index (κ2) is 4.28. The van der Waals surface area contributed by atoms with Crippen LogP contribution in [0.15, 0.2) is 0 Å². The molecule has 2 aliphatic carbocycles. The van der Waals surface area contributed by atoms with Gasteiger partial charge >= 0.3 is 0 Å². The van der Waals surface area contributed by atoms with Gasteiger partial charge in [-0.3, -0.25) is 0 Å². The molecule has 0 saturated heterocycles. The number of rotatable bonds is 1. The highest BCUT2D eigenvalue weighted by atomic mass is 16.5. The number of aliphatic hydroxyl groups is 3. The first kappa shape index (κ1) is 12.3. The van der Waals surface area contributed by atoms with Gasteiger partial charge in [-0.15, -0.1) is 0 Å². The summed E-state index contributed by atoms with van der Waals surface area (Å²) in [4.78, 5) is 0. The van der Waals surface area contributed by atoms with Crippen LogP contribution in [0.5, 0.6) is 0 Å². The lowest BCUT2D eigenvalue weighted by Crippen LogP contribution is -2.38. The van der Waals surface area contributed by atoms with Crippen LogP contribution in [0.2, 0.25) is 0 Å². The first-order valence-corrected chi connectivity index (χ1v) is 6.55. The monoisotopic (exact) mass is 228 g/mol. The Morgan fingerprint density at radius 1 is 0.750 bits per heavy atom. The van der Waals surface area contributed by atoms with Crippen molar-refractivity contribution in [2.75, 3.05) is 0 Å². The van der Waals surface area contributed by atoms with Crippen molar-refractivity contribution in [1.29, 1.82) is 0 Å². The normalized spacial score (nSPS) is 40.9. The van der Waals surface area contributed by atoms with Crippen molar-refractivity contribution in [3.63, 3.8) is 0 Å². The van der Waals surface area contributed by atoms with Crippen LogP contribution in [-0.4, -0.2) is 26.7 Å². The molecule has 0 unspecified atom stereocenters. The summed E-state index contributed by atoms with van der Waals surface area (Å²) >= 11 is 0. The summed E-state index contributed by atoms with van der Waals surface area (Å²) in [6.45, 7) is 1.93. The molecule has 3 heteroatoms. The second-order valence-corrected chi connectivity index (χ2v) is 6.15. The summed E-state index contributed by atoms with van der Waals surface area (Å²) in [5.74, 6) is -0.0729. The fourth-order valence-electron chi connectivity index (χ4n) is 3.31. The van der Waals surface area contributed by atoms with Crippen molar-refractivity contribution >= 4 is 0 Å². The van der Waals surface area contributed by atoms with E-state index in [4.69, 9.17) is 0 Å². The molecule has 16 heavy (non-hydrogen) atoms. The Morgan fingerprint density at radius 3 is 1.56 bits per heavy atom. The number of hydrogen-bond acceptors (Lipinski definition) is 3. The predicted molar refractivity (Wildman–Crippen MR) is 61.7 cm³/mol. The van der Waals surface area contributed by atoms with Crippen LogP contribution in [0.1, 0.15) is 58.3 Å². The molecule has 2 fully saturated rings. The van der Waals surface area contributed by atoms with Gasteiger partial charge in [0.15, 0.2) is 5.79 Å². The molecule has 2 aliphatic rings. The van der Waals surface area contributed by atoms with Crippen LogP contribution in [0.4, 0.5) is 0 Å². The smallest absolute Gasteiger partial charge is 0.162 e. The second-order valence-electron chi connectivity index (χ2n) is 6.15. The summed E-state index contributed by atoms with van der Waals surface area (Å²) in [7, 11) is 0. The van der Waals surface area contributed by atoms with Gasteiger partial charge in [-0.05, 0) is 57.3 Å². The molecule has 0 atom stereocenters. The maximum Gasteiger partial charge on any atom is 0.162 e. The SMILES string of the molecule is CC1(O)CCC(C2CCC(O)(O)CC2)CC1. The van der Waals surface area contributed by atoms with Gasteiger partial charge in [-0.2, -0.15) is 0 Å². The molecular formula is C13H24O3. The summed E-state index contributed by atoms with van der Waals surface area (Å²) in [5, 5.41) is 28.9. The first-order valence-electron chi connectivity index (χ1n) is 6.55. The van der Waals surface area contributed by atoms with Gasteiger partial charge in [-0.25, -0.2) is 0 Å². The fourth-order valence-corrected chi connectivity index (χ4v) is 3.31. The van der Waals surface area contributed by atoms with E-state index in [2.05, 4.69) is 0 Å². The topological polar surface area (TPSA) is 60.7 Å². The van der Waals surface area contributed by atoms with Gasteiger partial charge < -0.3 is 15.3 Å². The molecule has 0 aromatic carbocycles. The van der Waals surface area contributed by atoms with E-state index in [9.17, 15) is 15.3 Å². The van der Waals surface area contributed by atoms with E-state index < -0.39 is 11.4 Å². The highest BCUT2D eigenvalue weighted by molar-refractivity contribution is 4.87. The van der Waals surface area contributed by atoms with Crippen LogP contribution in [0, 0.1) is 11.8 Å². The van der Waals surface area contributed by atoms with E-state index >= 15 is 0 Å². The lowest BCUT2D eigenvalue weighted by molar-refractivity contribution is -0.189. The largest absolute Gasteiger partial charge is 0.390 e. The Kier molecular flexibility index (Phi) is 3.30. The lowest BCUT2D eigenvalue weighted by atomic mass is 9.69. The molecule has 3 N–H and O–H groups in total. The van der Waals surface area contributed by atoms with Gasteiger partial charge in [0.25, 0.3) is 0 Å². The maximum atomic E-state index is 9.89. The lowest BCUT2D eigenvalue weighted by Gasteiger charge is -2.40. The van der Waals surface area contributed by atoms with Crippen molar-refractivity contribution in [1.82, 2.24) is 0 Å². The van der Waals surface area contributed by atoms with E-state index in [-0.39, 0.29) is 0 Å². The molecule has 0 heterocycles. The minimum Gasteiger partial charge on any atom is -0.390 e. The fraction of sp³-hybridized carbons (Fsp3) is 1.00. The minimum atomic E-state index is -1.41. The first-order chi connectivity index (χ1) is 7.38. The van der Waals surface area contributed by atoms with Crippen molar-refractivity contribution in [2.45, 2.75) is 69.7 Å². The maximum absolute atomic E-state index is 9.89. The van der Waals surface area contributed by atoms with Crippen LogP contribution in [0.25, 0.3) is 0 Å². The van der Waals surface area contributed by atoms with Crippen molar-refractivity contribution < 1.29 is 15.3 Å². The third-order valence-electron chi connectivity index (χ3n) is 4.61. The van der Waals surface area contributed by atoms with Crippen molar-refractivity contribution in [3.05, 3.63) is 0 Å². The Morgan fingerprint density at radius 2 is 1.12 bits per heavy atom. The molecule has 0 amide bonds. The Hall–Kier alpha value is -0.120. The summed E-state index contributed by atoms with van der Waals surface area (Å²) in [6, 6.07) is 0. The molecule has 0 aromatic heterocycles. The quantitative estimate of drug-likeness (QED) is 0.600. The highest BCUT2D eigenvalue weighted by Crippen LogP contribution is 2.42. The summed E-state index contributed by atoms with van der Waals surface area (Å²) in [5.41, 5.74) is -0.455. The molecule has 0 aliphatic heterocycles. The van der Waals surface area contributed by atoms with E-state index in [1.807, 2.05) is 6.92 Å². The summed E-state index contributed by atoms with van der Waals surface area (Å²) in [6.07, 6.45) is 6.90. The molecule has 2 rings (SSSR count). The van der Waals surface area contributed by atoms with Crippen molar-refractivity contribution in [2.24, 2.45) is 11.8 Å². The average Bonchev–Trinajstić information content (AvgIpc) is 2.19. The number of hydrogen-bond donors (Lipinski definition) is 3. The zero-order chi connectivity index (χ0) is 11.8. The predicted octanol–water partition coefficient (Wildman–Crippen LogP) is 1.80. The zero-order valence-corrected chi connectivity index (χ0v) is 10.2. The Labute approximate surface area is 97.5 Å². The van der Waals surface area contributed by atoms with Gasteiger partial charge in [0, 0.05) is 12.8 Å². The van der Waals surface area contributed by atoms with Gasteiger partial charge in [0.05, 0.1) is 5.60 Å². The Bertz CT molecular complexity index is 202. The summed E-state index contributed by atoms with van der Waals surface area (Å²) < 4.78 is 0. The van der Waals surface area contributed by atoms with E-state index in [1.54, 1.807) is 0 Å². The molecule has 2 saturated carbocycles. The minimum absolute atomic E-state index is 0.455. The molecule has 0 aromatic rings. The molecule has 0 radical (unpaired) electrons.